The predicted octanol–water partition coefficient (Wildman–Crippen LogP) is 3.05. The van der Waals surface area contributed by atoms with Crippen LogP contribution in [0, 0.1) is 17.0 Å². The Balaban J connectivity index is 1.43. The number of carbonyl (C=O) groups is 1. The zero-order valence-corrected chi connectivity index (χ0v) is 17.3. The molecular formula is C21H19N7O4. The molecule has 0 radical (unpaired) electrons. The SMILES string of the molecule is Cc1c(C(=O)Nc2ccc(OCc3nccn3C)cc2)nnn1-c1cccc([N+](=O)[O-])c1. The summed E-state index contributed by atoms with van der Waals surface area (Å²) in [6, 6.07) is 12.9. The molecule has 1 N–H and O–H groups in total. The Bertz CT molecular complexity index is 1280. The number of imidazole rings is 1. The number of aryl methyl sites for hydroxylation is 1. The molecule has 0 fully saturated rings. The van der Waals surface area contributed by atoms with Gasteiger partial charge in [0.1, 0.15) is 18.2 Å². The minimum atomic E-state index is -0.493. The third-order valence-electron chi connectivity index (χ3n) is 4.80. The fourth-order valence-corrected chi connectivity index (χ4v) is 3.03. The molecule has 0 aliphatic rings. The average molecular weight is 433 g/mol. The van der Waals surface area contributed by atoms with Crippen molar-refractivity contribution < 1.29 is 14.5 Å². The van der Waals surface area contributed by atoms with E-state index in [4.69, 9.17) is 4.74 Å². The Morgan fingerprint density at radius 2 is 2.00 bits per heavy atom. The number of benzene rings is 2. The maximum absolute atomic E-state index is 12.7. The maximum Gasteiger partial charge on any atom is 0.278 e. The lowest BCUT2D eigenvalue weighted by Crippen LogP contribution is -2.14. The first-order valence-corrected chi connectivity index (χ1v) is 9.60. The third-order valence-corrected chi connectivity index (χ3v) is 4.80. The van der Waals surface area contributed by atoms with Gasteiger partial charge in [0.05, 0.1) is 16.3 Å². The number of nitro benzene ring substituents is 1. The van der Waals surface area contributed by atoms with Crippen molar-refractivity contribution in [1.29, 1.82) is 0 Å². The smallest absolute Gasteiger partial charge is 0.278 e. The van der Waals surface area contributed by atoms with E-state index in [1.165, 1.54) is 16.8 Å². The molecule has 11 nitrogen and oxygen atoms in total. The van der Waals surface area contributed by atoms with E-state index in [0.29, 0.717) is 29.4 Å². The first-order chi connectivity index (χ1) is 15.4. The summed E-state index contributed by atoms with van der Waals surface area (Å²) < 4.78 is 8.96. The Morgan fingerprint density at radius 3 is 2.69 bits per heavy atom. The van der Waals surface area contributed by atoms with Crippen LogP contribution in [-0.4, -0.2) is 35.4 Å². The van der Waals surface area contributed by atoms with Gasteiger partial charge in [-0.15, -0.1) is 5.10 Å². The summed E-state index contributed by atoms with van der Waals surface area (Å²) in [6.07, 6.45) is 3.54. The van der Waals surface area contributed by atoms with Gasteiger partial charge in [-0.2, -0.15) is 0 Å². The number of amides is 1. The molecule has 32 heavy (non-hydrogen) atoms. The van der Waals surface area contributed by atoms with Crippen LogP contribution in [0.5, 0.6) is 5.75 Å². The van der Waals surface area contributed by atoms with E-state index >= 15 is 0 Å². The second-order valence-electron chi connectivity index (χ2n) is 6.93. The van der Waals surface area contributed by atoms with Crippen molar-refractivity contribution >= 4 is 17.3 Å². The number of aromatic nitrogens is 5. The molecule has 0 unspecified atom stereocenters. The summed E-state index contributed by atoms with van der Waals surface area (Å²) >= 11 is 0. The minimum Gasteiger partial charge on any atom is -0.486 e. The maximum atomic E-state index is 12.7. The number of hydrogen-bond donors (Lipinski definition) is 1. The number of nitrogens with zero attached hydrogens (tertiary/aromatic N) is 6. The number of nitro groups is 1. The van der Waals surface area contributed by atoms with Crippen LogP contribution < -0.4 is 10.1 Å². The molecule has 0 aliphatic heterocycles. The van der Waals surface area contributed by atoms with Crippen LogP contribution in [0.2, 0.25) is 0 Å². The largest absolute Gasteiger partial charge is 0.486 e. The Kier molecular flexibility index (Phi) is 5.62. The Labute approximate surface area is 182 Å². The van der Waals surface area contributed by atoms with Crippen molar-refractivity contribution in [2.75, 3.05) is 5.32 Å². The van der Waals surface area contributed by atoms with Crippen LogP contribution in [0.4, 0.5) is 11.4 Å². The molecule has 2 aromatic heterocycles. The molecule has 0 saturated carbocycles. The van der Waals surface area contributed by atoms with Crippen LogP contribution in [0.3, 0.4) is 0 Å². The standard InChI is InChI=1S/C21H19N7O4/c1-14-20(24-25-27(14)16-4-3-5-17(12-16)28(30)31)21(29)23-15-6-8-18(9-7-15)32-13-19-22-10-11-26(19)2/h3-12H,13H2,1-2H3,(H,23,29). The molecule has 11 heteroatoms. The Hall–Kier alpha value is -4.54. The van der Waals surface area contributed by atoms with Crippen LogP contribution in [-0.2, 0) is 13.7 Å². The molecular weight excluding hydrogens is 414 g/mol. The zero-order valence-electron chi connectivity index (χ0n) is 17.3. The Morgan fingerprint density at radius 1 is 1.22 bits per heavy atom. The van der Waals surface area contributed by atoms with E-state index < -0.39 is 10.8 Å². The molecule has 2 heterocycles. The quantitative estimate of drug-likeness (QED) is 0.350. The molecule has 4 rings (SSSR count). The highest BCUT2D eigenvalue weighted by atomic mass is 16.6. The van der Waals surface area contributed by atoms with Gasteiger partial charge in [-0.05, 0) is 37.3 Å². The highest BCUT2D eigenvalue weighted by Gasteiger charge is 2.18. The van der Waals surface area contributed by atoms with Gasteiger partial charge in [0.15, 0.2) is 5.69 Å². The molecule has 0 atom stereocenters. The normalized spacial score (nSPS) is 10.7. The van der Waals surface area contributed by atoms with Crippen molar-refractivity contribution in [3.8, 4) is 11.4 Å². The summed E-state index contributed by atoms with van der Waals surface area (Å²) in [7, 11) is 1.89. The fraction of sp³-hybridized carbons (Fsp3) is 0.143. The summed E-state index contributed by atoms with van der Waals surface area (Å²) in [6.45, 7) is 2.00. The van der Waals surface area contributed by atoms with Crippen molar-refractivity contribution in [3.05, 3.63) is 88.3 Å². The number of ether oxygens (including phenoxy) is 1. The second kappa shape index (κ2) is 8.68. The molecule has 0 saturated heterocycles. The molecule has 0 spiro atoms. The highest BCUT2D eigenvalue weighted by Crippen LogP contribution is 2.20. The van der Waals surface area contributed by atoms with E-state index in [1.807, 2.05) is 17.8 Å². The minimum absolute atomic E-state index is 0.0754. The van der Waals surface area contributed by atoms with Crippen molar-refractivity contribution in [2.24, 2.45) is 7.05 Å². The van der Waals surface area contributed by atoms with Crippen LogP contribution in [0.1, 0.15) is 22.0 Å². The van der Waals surface area contributed by atoms with Gasteiger partial charge < -0.3 is 14.6 Å². The van der Waals surface area contributed by atoms with Crippen LogP contribution in [0.25, 0.3) is 5.69 Å². The van der Waals surface area contributed by atoms with Crippen LogP contribution in [0.15, 0.2) is 60.9 Å². The average Bonchev–Trinajstić information content (AvgIpc) is 3.38. The first-order valence-electron chi connectivity index (χ1n) is 9.60. The molecule has 0 aliphatic carbocycles. The number of anilines is 1. The van der Waals surface area contributed by atoms with E-state index in [2.05, 4.69) is 20.6 Å². The second-order valence-corrected chi connectivity index (χ2v) is 6.93. The molecule has 1 amide bonds. The van der Waals surface area contributed by atoms with Gasteiger partial charge in [0, 0.05) is 37.3 Å². The summed E-state index contributed by atoms with van der Waals surface area (Å²) in [5, 5.41) is 21.7. The van der Waals surface area contributed by atoms with Gasteiger partial charge in [0.2, 0.25) is 0 Å². The lowest BCUT2D eigenvalue weighted by Gasteiger charge is -2.08. The molecule has 0 bridgehead atoms. The number of nitrogens with one attached hydrogen (secondary N) is 1. The van der Waals surface area contributed by atoms with Crippen molar-refractivity contribution in [3.63, 3.8) is 0 Å². The molecule has 2 aromatic carbocycles. The van der Waals surface area contributed by atoms with E-state index in [-0.39, 0.29) is 11.4 Å². The first kappa shape index (κ1) is 20.7. The van der Waals surface area contributed by atoms with Crippen molar-refractivity contribution in [2.45, 2.75) is 13.5 Å². The lowest BCUT2D eigenvalue weighted by molar-refractivity contribution is -0.384. The van der Waals surface area contributed by atoms with Crippen molar-refractivity contribution in [1.82, 2.24) is 24.5 Å². The monoisotopic (exact) mass is 433 g/mol. The number of non-ortho nitro benzene ring substituents is 1. The van der Waals surface area contributed by atoms with E-state index in [9.17, 15) is 14.9 Å². The third kappa shape index (κ3) is 4.31. The lowest BCUT2D eigenvalue weighted by atomic mass is 10.2. The zero-order chi connectivity index (χ0) is 22.7. The van der Waals surface area contributed by atoms with Gasteiger partial charge in [0.25, 0.3) is 11.6 Å². The topological polar surface area (TPSA) is 130 Å². The van der Waals surface area contributed by atoms with Gasteiger partial charge in [-0.1, -0.05) is 11.3 Å². The van der Waals surface area contributed by atoms with E-state index in [1.54, 1.807) is 49.5 Å². The predicted molar refractivity (Wildman–Crippen MR) is 115 cm³/mol. The number of carbonyl (C=O) groups excluding carboxylic acids is 1. The number of rotatable bonds is 7. The molecule has 162 valence electrons. The fourth-order valence-electron chi connectivity index (χ4n) is 3.03. The van der Waals surface area contributed by atoms with Gasteiger partial charge >= 0.3 is 0 Å². The summed E-state index contributed by atoms with van der Waals surface area (Å²) in [5.41, 5.74) is 1.50. The summed E-state index contributed by atoms with van der Waals surface area (Å²) in [5.74, 6) is 0.990. The van der Waals surface area contributed by atoms with Gasteiger partial charge in [-0.3, -0.25) is 14.9 Å². The number of hydrogen-bond acceptors (Lipinski definition) is 7. The van der Waals surface area contributed by atoms with Crippen LogP contribution >= 0.6 is 0 Å². The summed E-state index contributed by atoms with van der Waals surface area (Å²) in [4.78, 5) is 27.4. The highest BCUT2D eigenvalue weighted by molar-refractivity contribution is 6.03. The van der Waals surface area contributed by atoms with E-state index in [0.717, 1.165) is 5.82 Å². The van der Waals surface area contributed by atoms with Gasteiger partial charge in [-0.25, -0.2) is 9.67 Å². The molecule has 4 aromatic rings.